The fraction of sp³-hybridized carbons (Fsp3) is 0.400. The summed E-state index contributed by atoms with van der Waals surface area (Å²) >= 11 is 0. The van der Waals surface area contributed by atoms with Crippen LogP contribution in [0.4, 0.5) is 10.5 Å². The van der Waals surface area contributed by atoms with Crippen molar-refractivity contribution in [3.05, 3.63) is 77.7 Å². The van der Waals surface area contributed by atoms with Crippen LogP contribution in [-0.2, 0) is 24.2 Å². The number of urea groups is 1. The number of nitrogens with one attached hydrogen (secondary N) is 1. The fourth-order valence-corrected chi connectivity index (χ4v) is 4.10. The standard InChI is InChI=1S/C30H39N3O5/c1-6-22(3)33(30(35)31-25-13-10-23(7-2)11-14-25)21-29(34)32(20-26-9-8-18-38-26)17-16-24-12-15-27(36-4)28(19-24)37-5/h8-15,18-19,22H,6-7,16-17,20-21H2,1-5H3,(H,31,35). The highest BCUT2D eigenvalue weighted by atomic mass is 16.5. The minimum absolute atomic E-state index is 0.0411. The Kier molecular flexibility index (Phi) is 10.6. The highest BCUT2D eigenvalue weighted by molar-refractivity contribution is 5.92. The number of anilines is 1. The first-order valence-electron chi connectivity index (χ1n) is 13.1. The molecular weight excluding hydrogens is 482 g/mol. The quantitative estimate of drug-likeness (QED) is 0.309. The van der Waals surface area contributed by atoms with Gasteiger partial charge in [-0.25, -0.2) is 4.79 Å². The summed E-state index contributed by atoms with van der Waals surface area (Å²) in [6.07, 6.45) is 3.84. The molecule has 3 rings (SSSR count). The fourth-order valence-electron chi connectivity index (χ4n) is 4.10. The number of hydrogen-bond donors (Lipinski definition) is 1. The highest BCUT2D eigenvalue weighted by Gasteiger charge is 2.25. The molecule has 38 heavy (non-hydrogen) atoms. The van der Waals surface area contributed by atoms with Crippen molar-refractivity contribution in [3.8, 4) is 11.5 Å². The SMILES string of the molecule is CCc1ccc(NC(=O)N(CC(=O)N(CCc2ccc(OC)c(OC)c2)Cc2ccco2)C(C)CC)cc1. The van der Waals surface area contributed by atoms with Crippen molar-refractivity contribution < 1.29 is 23.5 Å². The molecule has 1 N–H and O–H groups in total. The maximum Gasteiger partial charge on any atom is 0.322 e. The number of aryl methyl sites for hydroxylation is 1. The van der Waals surface area contributed by atoms with Gasteiger partial charge in [0.25, 0.3) is 0 Å². The lowest BCUT2D eigenvalue weighted by atomic mass is 10.1. The maximum atomic E-state index is 13.6. The molecule has 0 saturated heterocycles. The zero-order chi connectivity index (χ0) is 27.5. The van der Waals surface area contributed by atoms with E-state index in [9.17, 15) is 9.59 Å². The molecule has 1 heterocycles. The van der Waals surface area contributed by atoms with E-state index in [1.54, 1.807) is 36.3 Å². The molecule has 3 aromatic rings. The Balaban J connectivity index is 1.74. The predicted molar refractivity (Wildman–Crippen MR) is 149 cm³/mol. The van der Waals surface area contributed by atoms with E-state index in [1.165, 1.54) is 5.56 Å². The predicted octanol–water partition coefficient (Wildman–Crippen LogP) is 5.76. The zero-order valence-corrected chi connectivity index (χ0v) is 23.0. The van der Waals surface area contributed by atoms with Crippen LogP contribution in [0.15, 0.2) is 65.3 Å². The monoisotopic (exact) mass is 521 g/mol. The van der Waals surface area contributed by atoms with E-state index in [1.807, 2.05) is 62.4 Å². The van der Waals surface area contributed by atoms with Crippen molar-refractivity contribution in [1.82, 2.24) is 9.80 Å². The Hall–Kier alpha value is -3.94. The van der Waals surface area contributed by atoms with Gasteiger partial charge in [-0.2, -0.15) is 0 Å². The molecule has 2 aromatic carbocycles. The molecule has 204 valence electrons. The number of ether oxygens (including phenoxy) is 2. The number of nitrogens with zero attached hydrogens (tertiary/aromatic N) is 2. The Labute approximate surface area is 225 Å². The number of carbonyl (C=O) groups is 2. The van der Waals surface area contributed by atoms with Gasteiger partial charge in [0.15, 0.2) is 11.5 Å². The van der Waals surface area contributed by atoms with Crippen LogP contribution in [0.5, 0.6) is 11.5 Å². The molecule has 0 bridgehead atoms. The van der Waals surface area contributed by atoms with Crippen LogP contribution >= 0.6 is 0 Å². The largest absolute Gasteiger partial charge is 0.493 e. The molecule has 1 aromatic heterocycles. The average molecular weight is 522 g/mol. The molecule has 8 nitrogen and oxygen atoms in total. The summed E-state index contributed by atoms with van der Waals surface area (Å²) in [7, 11) is 3.20. The molecule has 0 aliphatic heterocycles. The molecule has 3 amide bonds. The third-order valence-corrected chi connectivity index (χ3v) is 6.70. The molecule has 0 saturated carbocycles. The van der Waals surface area contributed by atoms with Gasteiger partial charge in [0, 0.05) is 18.3 Å². The maximum absolute atomic E-state index is 13.6. The summed E-state index contributed by atoms with van der Waals surface area (Å²) in [6, 6.07) is 16.7. The molecule has 8 heteroatoms. The van der Waals surface area contributed by atoms with Crippen LogP contribution in [0, 0.1) is 0 Å². The molecule has 1 atom stereocenters. The zero-order valence-electron chi connectivity index (χ0n) is 23.0. The van der Waals surface area contributed by atoms with Crippen molar-refractivity contribution in [2.75, 3.05) is 32.6 Å². The van der Waals surface area contributed by atoms with Crippen LogP contribution in [0.1, 0.15) is 44.1 Å². The van der Waals surface area contributed by atoms with Gasteiger partial charge in [0.05, 0.1) is 27.0 Å². The number of benzene rings is 2. The Morgan fingerprint density at radius 2 is 1.68 bits per heavy atom. The van der Waals surface area contributed by atoms with E-state index in [0.29, 0.717) is 42.5 Å². The number of hydrogen-bond acceptors (Lipinski definition) is 5. The number of rotatable bonds is 13. The summed E-state index contributed by atoms with van der Waals surface area (Å²) in [5.41, 5.74) is 2.90. The van der Waals surface area contributed by atoms with Gasteiger partial charge in [0.2, 0.25) is 5.91 Å². The summed E-state index contributed by atoms with van der Waals surface area (Å²) in [5.74, 6) is 1.82. The van der Waals surface area contributed by atoms with E-state index < -0.39 is 0 Å². The number of carbonyl (C=O) groups excluding carboxylic acids is 2. The van der Waals surface area contributed by atoms with Gasteiger partial charge in [-0.1, -0.05) is 32.0 Å². The van der Waals surface area contributed by atoms with Crippen molar-refractivity contribution in [2.24, 2.45) is 0 Å². The third kappa shape index (κ3) is 7.78. The van der Waals surface area contributed by atoms with E-state index in [2.05, 4.69) is 12.2 Å². The Morgan fingerprint density at radius 3 is 2.29 bits per heavy atom. The Bertz CT molecular complexity index is 1160. The molecule has 1 unspecified atom stereocenters. The van der Waals surface area contributed by atoms with E-state index in [-0.39, 0.29) is 24.5 Å². The molecule has 0 aliphatic carbocycles. The summed E-state index contributed by atoms with van der Waals surface area (Å²) in [5, 5.41) is 2.95. The molecule has 0 aliphatic rings. The van der Waals surface area contributed by atoms with Gasteiger partial charge in [0.1, 0.15) is 12.3 Å². The smallest absolute Gasteiger partial charge is 0.322 e. The number of amides is 3. The second kappa shape index (κ2) is 14.1. The lowest BCUT2D eigenvalue weighted by Crippen LogP contribution is -2.48. The minimum atomic E-state index is -0.296. The van der Waals surface area contributed by atoms with E-state index >= 15 is 0 Å². The average Bonchev–Trinajstić information content (AvgIpc) is 3.46. The highest BCUT2D eigenvalue weighted by Crippen LogP contribution is 2.28. The minimum Gasteiger partial charge on any atom is -0.493 e. The Morgan fingerprint density at radius 1 is 0.974 bits per heavy atom. The van der Waals surface area contributed by atoms with Gasteiger partial charge < -0.3 is 29.0 Å². The topological polar surface area (TPSA) is 84.3 Å². The summed E-state index contributed by atoms with van der Waals surface area (Å²) < 4.78 is 16.3. The van der Waals surface area contributed by atoms with Gasteiger partial charge in [-0.3, -0.25) is 4.79 Å². The second-order valence-electron chi connectivity index (χ2n) is 9.20. The number of furan rings is 1. The van der Waals surface area contributed by atoms with Crippen molar-refractivity contribution >= 4 is 17.6 Å². The first-order valence-corrected chi connectivity index (χ1v) is 13.1. The first-order chi connectivity index (χ1) is 18.4. The van der Waals surface area contributed by atoms with Crippen molar-refractivity contribution in [1.29, 1.82) is 0 Å². The lowest BCUT2D eigenvalue weighted by Gasteiger charge is -2.31. The van der Waals surface area contributed by atoms with Gasteiger partial charge >= 0.3 is 6.03 Å². The van der Waals surface area contributed by atoms with Crippen LogP contribution in [0.3, 0.4) is 0 Å². The van der Waals surface area contributed by atoms with E-state index in [0.717, 1.165) is 18.4 Å². The van der Waals surface area contributed by atoms with Crippen LogP contribution < -0.4 is 14.8 Å². The van der Waals surface area contributed by atoms with Crippen molar-refractivity contribution in [2.45, 2.75) is 52.6 Å². The first kappa shape index (κ1) is 28.6. The third-order valence-electron chi connectivity index (χ3n) is 6.70. The molecule has 0 spiro atoms. The molecule has 0 fully saturated rings. The van der Waals surface area contributed by atoms with Gasteiger partial charge in [-0.15, -0.1) is 0 Å². The molecule has 0 radical (unpaired) electrons. The number of methoxy groups -OCH3 is 2. The normalized spacial score (nSPS) is 11.5. The van der Waals surface area contributed by atoms with Gasteiger partial charge in [-0.05, 0) is 73.7 Å². The van der Waals surface area contributed by atoms with Crippen molar-refractivity contribution in [3.63, 3.8) is 0 Å². The summed E-state index contributed by atoms with van der Waals surface area (Å²) in [4.78, 5) is 30.2. The van der Waals surface area contributed by atoms with Crippen LogP contribution in [0.2, 0.25) is 0 Å². The van der Waals surface area contributed by atoms with E-state index in [4.69, 9.17) is 13.9 Å². The van der Waals surface area contributed by atoms with Crippen LogP contribution in [-0.4, -0.2) is 55.1 Å². The second-order valence-corrected chi connectivity index (χ2v) is 9.20. The molecular formula is C30H39N3O5. The lowest BCUT2D eigenvalue weighted by molar-refractivity contribution is -0.133. The van der Waals surface area contributed by atoms with Crippen LogP contribution in [0.25, 0.3) is 0 Å². The summed E-state index contributed by atoms with van der Waals surface area (Å²) in [6.45, 7) is 6.76.